The molecule has 0 spiro atoms. The Labute approximate surface area is 164 Å². The van der Waals surface area contributed by atoms with Crippen LogP contribution in [0.2, 0.25) is 0 Å². The number of aromatic nitrogens is 2. The van der Waals surface area contributed by atoms with Crippen LogP contribution in [0.4, 0.5) is 11.6 Å². The molecule has 0 saturated carbocycles. The maximum absolute atomic E-state index is 12.9. The van der Waals surface area contributed by atoms with Crippen molar-refractivity contribution in [2.24, 2.45) is 0 Å². The molecule has 2 heterocycles. The number of benzene rings is 2. The van der Waals surface area contributed by atoms with Gasteiger partial charge >= 0.3 is 0 Å². The molecule has 6 heteroatoms. The molecule has 1 saturated heterocycles. The van der Waals surface area contributed by atoms with Gasteiger partial charge in [-0.25, -0.2) is 9.97 Å². The average Bonchev–Trinajstić information content (AvgIpc) is 2.75. The van der Waals surface area contributed by atoms with Crippen molar-refractivity contribution in [1.82, 2.24) is 19.8 Å². The summed E-state index contributed by atoms with van der Waals surface area (Å²) >= 11 is 0. The lowest BCUT2D eigenvalue weighted by molar-refractivity contribution is 0.0628. The quantitative estimate of drug-likeness (QED) is 0.744. The van der Waals surface area contributed by atoms with Gasteiger partial charge in [0.05, 0.1) is 0 Å². The molecule has 1 aromatic heterocycles. The molecule has 1 amide bonds. The van der Waals surface area contributed by atoms with Crippen LogP contribution in [-0.4, -0.2) is 51.9 Å². The number of hydrogen-bond donors (Lipinski definition) is 1. The second-order valence-electron chi connectivity index (χ2n) is 6.83. The second kappa shape index (κ2) is 8.63. The summed E-state index contributed by atoms with van der Waals surface area (Å²) in [6.45, 7) is 4.18. The van der Waals surface area contributed by atoms with Gasteiger partial charge in [-0.1, -0.05) is 36.4 Å². The van der Waals surface area contributed by atoms with Gasteiger partial charge in [0.25, 0.3) is 5.91 Å². The molecule has 28 heavy (non-hydrogen) atoms. The van der Waals surface area contributed by atoms with E-state index in [1.165, 1.54) is 5.56 Å². The Hall–Kier alpha value is -3.25. The van der Waals surface area contributed by atoms with E-state index in [-0.39, 0.29) is 5.91 Å². The Morgan fingerprint density at radius 3 is 2.39 bits per heavy atom. The number of hydrogen-bond acceptors (Lipinski definition) is 5. The minimum Gasteiger partial charge on any atom is -0.336 e. The molecule has 2 aromatic carbocycles. The smallest absolute Gasteiger partial charge is 0.254 e. The lowest BCUT2D eigenvalue weighted by Crippen LogP contribution is -2.48. The van der Waals surface area contributed by atoms with E-state index in [9.17, 15) is 4.79 Å². The highest BCUT2D eigenvalue weighted by Gasteiger charge is 2.22. The molecule has 0 atom stereocenters. The first kappa shape index (κ1) is 18.1. The van der Waals surface area contributed by atoms with Gasteiger partial charge in [0.15, 0.2) is 0 Å². The maximum Gasteiger partial charge on any atom is 0.254 e. The monoisotopic (exact) mass is 373 g/mol. The third-order valence-electron chi connectivity index (χ3n) is 4.84. The number of amides is 1. The van der Waals surface area contributed by atoms with Crippen LogP contribution >= 0.6 is 0 Å². The molecule has 0 aliphatic carbocycles. The van der Waals surface area contributed by atoms with Gasteiger partial charge in [-0.2, -0.15) is 0 Å². The molecule has 4 rings (SSSR count). The Bertz CT molecular complexity index is 908. The van der Waals surface area contributed by atoms with Gasteiger partial charge in [0.2, 0.25) is 5.95 Å². The predicted octanol–water partition coefficient (Wildman–Crippen LogP) is 3.18. The van der Waals surface area contributed by atoms with Gasteiger partial charge in [-0.05, 0) is 29.8 Å². The van der Waals surface area contributed by atoms with Crippen molar-refractivity contribution in [3.05, 3.63) is 84.2 Å². The Kier molecular flexibility index (Phi) is 5.58. The zero-order valence-electron chi connectivity index (χ0n) is 15.7. The largest absolute Gasteiger partial charge is 0.336 e. The number of anilines is 2. The molecule has 6 nitrogen and oxygen atoms in total. The van der Waals surface area contributed by atoms with E-state index in [4.69, 9.17) is 0 Å². The van der Waals surface area contributed by atoms with Crippen molar-refractivity contribution >= 4 is 17.5 Å². The van der Waals surface area contributed by atoms with Crippen molar-refractivity contribution in [3.8, 4) is 0 Å². The van der Waals surface area contributed by atoms with Crippen molar-refractivity contribution < 1.29 is 4.79 Å². The molecule has 3 aromatic rings. The minimum atomic E-state index is 0.0667. The average molecular weight is 373 g/mol. The summed E-state index contributed by atoms with van der Waals surface area (Å²) in [5, 5.41) is 3.14. The number of carbonyl (C=O) groups excluding carboxylic acids is 1. The molecule has 0 unspecified atom stereocenters. The molecular weight excluding hydrogens is 350 g/mol. The highest BCUT2D eigenvalue weighted by molar-refractivity contribution is 5.95. The van der Waals surface area contributed by atoms with Crippen LogP contribution in [0.15, 0.2) is 73.1 Å². The van der Waals surface area contributed by atoms with Crippen LogP contribution in [0.25, 0.3) is 0 Å². The van der Waals surface area contributed by atoms with Gasteiger partial charge in [0.1, 0.15) is 0 Å². The zero-order chi connectivity index (χ0) is 19.2. The Balaban J connectivity index is 1.35. The minimum absolute atomic E-state index is 0.0667. The number of nitrogens with zero attached hydrogens (tertiary/aromatic N) is 4. The molecule has 142 valence electrons. The highest BCUT2D eigenvalue weighted by atomic mass is 16.2. The predicted molar refractivity (Wildman–Crippen MR) is 109 cm³/mol. The van der Waals surface area contributed by atoms with Crippen LogP contribution in [0, 0.1) is 0 Å². The highest BCUT2D eigenvalue weighted by Crippen LogP contribution is 2.17. The van der Waals surface area contributed by atoms with E-state index in [1.54, 1.807) is 18.5 Å². The SMILES string of the molecule is O=C(c1cccc(Nc2ncccn2)c1)N1CCN(Cc2ccccc2)CC1. The molecule has 1 N–H and O–H groups in total. The van der Waals surface area contributed by atoms with Gasteiger partial charge < -0.3 is 10.2 Å². The van der Waals surface area contributed by atoms with Gasteiger partial charge in [-0.15, -0.1) is 0 Å². The summed E-state index contributed by atoms with van der Waals surface area (Å²) in [5.74, 6) is 0.582. The summed E-state index contributed by atoms with van der Waals surface area (Å²) in [5.41, 5.74) is 2.79. The lowest BCUT2D eigenvalue weighted by atomic mass is 10.1. The van der Waals surface area contributed by atoms with Crippen LogP contribution in [0.3, 0.4) is 0 Å². The third-order valence-corrected chi connectivity index (χ3v) is 4.84. The Morgan fingerprint density at radius 1 is 0.893 bits per heavy atom. The second-order valence-corrected chi connectivity index (χ2v) is 6.83. The van der Waals surface area contributed by atoms with Crippen LogP contribution < -0.4 is 5.32 Å². The summed E-state index contributed by atoms with van der Waals surface area (Å²) in [4.78, 5) is 25.6. The van der Waals surface area contributed by atoms with E-state index in [0.29, 0.717) is 11.5 Å². The van der Waals surface area contributed by atoms with Crippen LogP contribution in [0.1, 0.15) is 15.9 Å². The standard InChI is InChI=1S/C22H23N5O/c28-21(19-8-4-9-20(16-19)25-22-23-10-5-11-24-22)27-14-12-26(13-15-27)17-18-6-2-1-3-7-18/h1-11,16H,12-15,17H2,(H,23,24,25). The zero-order valence-corrected chi connectivity index (χ0v) is 15.7. The molecule has 1 aliphatic rings. The maximum atomic E-state index is 12.9. The summed E-state index contributed by atoms with van der Waals surface area (Å²) in [7, 11) is 0. The number of piperazine rings is 1. The van der Waals surface area contributed by atoms with Gasteiger partial charge in [-0.3, -0.25) is 9.69 Å². The molecule has 1 aliphatic heterocycles. The fourth-order valence-corrected chi connectivity index (χ4v) is 3.36. The number of carbonyl (C=O) groups is 1. The van der Waals surface area contributed by atoms with E-state index in [0.717, 1.165) is 38.4 Å². The van der Waals surface area contributed by atoms with Gasteiger partial charge in [0, 0.05) is 56.4 Å². The van der Waals surface area contributed by atoms with Crippen molar-refractivity contribution in [2.75, 3.05) is 31.5 Å². The topological polar surface area (TPSA) is 61.4 Å². The molecule has 0 bridgehead atoms. The van der Waals surface area contributed by atoms with Crippen LogP contribution in [0.5, 0.6) is 0 Å². The fourth-order valence-electron chi connectivity index (χ4n) is 3.36. The van der Waals surface area contributed by atoms with E-state index < -0.39 is 0 Å². The normalized spacial score (nSPS) is 14.6. The van der Waals surface area contributed by atoms with Crippen molar-refractivity contribution in [1.29, 1.82) is 0 Å². The summed E-state index contributed by atoms with van der Waals surface area (Å²) < 4.78 is 0. The number of nitrogens with one attached hydrogen (secondary N) is 1. The lowest BCUT2D eigenvalue weighted by Gasteiger charge is -2.34. The third kappa shape index (κ3) is 4.53. The molecule has 1 fully saturated rings. The van der Waals surface area contributed by atoms with E-state index >= 15 is 0 Å². The first-order valence-electron chi connectivity index (χ1n) is 9.47. The van der Waals surface area contributed by atoms with Crippen molar-refractivity contribution in [3.63, 3.8) is 0 Å². The summed E-state index contributed by atoms with van der Waals surface area (Å²) in [6, 6.07) is 19.7. The first-order chi connectivity index (χ1) is 13.8. The first-order valence-corrected chi connectivity index (χ1v) is 9.47. The molecular formula is C22H23N5O. The fraction of sp³-hybridized carbons (Fsp3) is 0.227. The van der Waals surface area contributed by atoms with E-state index in [1.807, 2.05) is 35.2 Å². The molecule has 0 radical (unpaired) electrons. The number of rotatable bonds is 5. The van der Waals surface area contributed by atoms with Crippen LogP contribution in [-0.2, 0) is 6.54 Å². The van der Waals surface area contributed by atoms with E-state index in [2.05, 4.69) is 44.5 Å². The summed E-state index contributed by atoms with van der Waals surface area (Å²) in [6.07, 6.45) is 3.36. The van der Waals surface area contributed by atoms with Crippen molar-refractivity contribution in [2.45, 2.75) is 6.54 Å². The Morgan fingerprint density at radius 2 is 1.64 bits per heavy atom.